The van der Waals surface area contributed by atoms with Gasteiger partial charge in [-0.2, -0.15) is 0 Å². The Bertz CT molecular complexity index is 128. The Balaban J connectivity index is 2.60. The SMILES string of the molecule is OC1OSSC(O)(O)C1O. The smallest absolute Gasteiger partial charge is 0.257 e. The summed E-state index contributed by atoms with van der Waals surface area (Å²) in [6, 6.07) is 0. The summed E-state index contributed by atoms with van der Waals surface area (Å²) >= 11 is 0.620. The summed E-state index contributed by atoms with van der Waals surface area (Å²) in [5.74, 6) is 0. The Kier molecular flexibility index (Phi) is 2.46. The third-order valence-corrected chi connectivity index (χ3v) is 2.96. The Hall–Kier alpha value is 0.500. The molecule has 2 unspecified atom stereocenters. The highest BCUT2D eigenvalue weighted by Crippen LogP contribution is 2.41. The predicted molar refractivity (Wildman–Crippen MR) is 35.4 cm³/mol. The van der Waals surface area contributed by atoms with Crippen LogP contribution in [0.3, 0.4) is 0 Å². The zero-order valence-electron chi connectivity index (χ0n) is 4.67. The van der Waals surface area contributed by atoms with Gasteiger partial charge in [0.25, 0.3) is 5.12 Å². The zero-order chi connectivity index (χ0) is 7.78. The lowest BCUT2D eigenvalue weighted by Gasteiger charge is -2.32. The molecular formula is C3H6O5S2. The number of rotatable bonds is 0. The third kappa shape index (κ3) is 1.56. The van der Waals surface area contributed by atoms with Crippen LogP contribution in [0.25, 0.3) is 0 Å². The lowest BCUT2D eigenvalue weighted by atomic mass is 10.3. The molecule has 1 heterocycles. The molecule has 0 spiro atoms. The second kappa shape index (κ2) is 2.86. The van der Waals surface area contributed by atoms with Gasteiger partial charge in [-0.3, -0.25) is 4.18 Å². The number of aliphatic hydroxyl groups is 4. The molecule has 1 saturated heterocycles. The van der Waals surface area contributed by atoms with E-state index in [1.54, 1.807) is 0 Å². The molecule has 1 rings (SSSR count). The number of aliphatic hydroxyl groups excluding tert-OH is 2. The van der Waals surface area contributed by atoms with Crippen LogP contribution in [0.5, 0.6) is 0 Å². The van der Waals surface area contributed by atoms with Crippen molar-refractivity contribution in [3.63, 3.8) is 0 Å². The molecule has 0 bridgehead atoms. The minimum absolute atomic E-state index is 0.528. The van der Waals surface area contributed by atoms with Crippen molar-refractivity contribution in [1.82, 2.24) is 0 Å². The van der Waals surface area contributed by atoms with Crippen molar-refractivity contribution in [1.29, 1.82) is 0 Å². The van der Waals surface area contributed by atoms with E-state index in [9.17, 15) is 0 Å². The van der Waals surface area contributed by atoms with E-state index in [-0.39, 0.29) is 0 Å². The molecule has 1 aliphatic heterocycles. The summed E-state index contributed by atoms with van der Waals surface area (Å²) in [5.41, 5.74) is 0. The molecule has 60 valence electrons. The van der Waals surface area contributed by atoms with Crippen molar-refractivity contribution in [2.75, 3.05) is 0 Å². The van der Waals surface area contributed by atoms with E-state index >= 15 is 0 Å². The fourth-order valence-electron chi connectivity index (χ4n) is 0.398. The average Bonchev–Trinajstić information content (AvgIpc) is 1.83. The lowest BCUT2D eigenvalue weighted by Crippen LogP contribution is -2.48. The maximum atomic E-state index is 8.82. The van der Waals surface area contributed by atoms with Crippen LogP contribution in [0.4, 0.5) is 0 Å². The maximum Gasteiger partial charge on any atom is 0.257 e. The second-order valence-electron chi connectivity index (χ2n) is 1.74. The van der Waals surface area contributed by atoms with E-state index in [4.69, 9.17) is 20.4 Å². The second-order valence-corrected chi connectivity index (χ2v) is 3.75. The zero-order valence-corrected chi connectivity index (χ0v) is 6.30. The minimum Gasteiger partial charge on any atom is -0.381 e. The molecule has 0 radical (unpaired) electrons. The summed E-state index contributed by atoms with van der Waals surface area (Å²) in [4.78, 5) is 0. The summed E-state index contributed by atoms with van der Waals surface area (Å²) < 4.78 is 4.39. The van der Waals surface area contributed by atoms with Crippen LogP contribution >= 0.6 is 21.9 Å². The molecule has 4 N–H and O–H groups in total. The first-order valence-corrected chi connectivity index (χ1v) is 4.43. The predicted octanol–water partition coefficient (Wildman–Crippen LogP) is -1.37. The standard InChI is InChI=1S/C3H6O5S2/c4-1-2(5)8-10-9-3(1,6)7/h1-2,4-7H. The van der Waals surface area contributed by atoms with Gasteiger partial charge in [-0.05, 0) is 0 Å². The molecular weight excluding hydrogens is 180 g/mol. The van der Waals surface area contributed by atoms with Crippen molar-refractivity contribution >= 4 is 21.9 Å². The molecule has 2 atom stereocenters. The molecule has 0 aromatic carbocycles. The molecule has 0 aromatic rings. The maximum absolute atomic E-state index is 8.82. The van der Waals surface area contributed by atoms with Gasteiger partial charge >= 0.3 is 0 Å². The number of hydrogen-bond donors (Lipinski definition) is 4. The van der Waals surface area contributed by atoms with Gasteiger partial charge in [-0.1, -0.05) is 0 Å². The molecule has 1 fully saturated rings. The van der Waals surface area contributed by atoms with Crippen LogP contribution in [0, 0.1) is 0 Å². The van der Waals surface area contributed by atoms with Crippen molar-refractivity contribution in [2.24, 2.45) is 0 Å². The van der Waals surface area contributed by atoms with Crippen LogP contribution in [-0.4, -0.2) is 37.9 Å². The third-order valence-electron chi connectivity index (χ3n) is 0.950. The van der Waals surface area contributed by atoms with Crippen LogP contribution in [0.15, 0.2) is 0 Å². The van der Waals surface area contributed by atoms with E-state index < -0.39 is 17.5 Å². The topological polar surface area (TPSA) is 90.2 Å². The van der Waals surface area contributed by atoms with Crippen molar-refractivity contribution in [3.05, 3.63) is 0 Å². The Morgan fingerprint density at radius 2 is 1.90 bits per heavy atom. The monoisotopic (exact) mass is 186 g/mol. The van der Waals surface area contributed by atoms with E-state index in [0.29, 0.717) is 21.9 Å². The Morgan fingerprint density at radius 3 is 2.30 bits per heavy atom. The molecule has 1 aliphatic rings. The normalized spacial score (nSPS) is 39.6. The van der Waals surface area contributed by atoms with Crippen molar-refractivity contribution in [3.8, 4) is 0 Å². The molecule has 10 heavy (non-hydrogen) atoms. The van der Waals surface area contributed by atoms with Gasteiger partial charge in [0.2, 0.25) is 6.29 Å². The van der Waals surface area contributed by atoms with Crippen LogP contribution in [0.2, 0.25) is 0 Å². The first-order valence-electron chi connectivity index (χ1n) is 2.36. The van der Waals surface area contributed by atoms with Crippen molar-refractivity contribution < 1.29 is 24.6 Å². The Labute approximate surface area is 64.6 Å². The lowest BCUT2D eigenvalue weighted by molar-refractivity contribution is -0.221. The van der Waals surface area contributed by atoms with E-state index in [1.165, 1.54) is 0 Å². The minimum atomic E-state index is -2.33. The van der Waals surface area contributed by atoms with E-state index in [2.05, 4.69) is 4.18 Å². The highest BCUT2D eigenvalue weighted by Gasteiger charge is 2.44. The Morgan fingerprint density at radius 1 is 1.30 bits per heavy atom. The van der Waals surface area contributed by atoms with Crippen LogP contribution < -0.4 is 0 Å². The molecule has 7 heteroatoms. The first kappa shape index (κ1) is 8.60. The van der Waals surface area contributed by atoms with Gasteiger partial charge in [-0.15, -0.1) is 0 Å². The molecule has 5 nitrogen and oxygen atoms in total. The average molecular weight is 186 g/mol. The fraction of sp³-hybridized carbons (Fsp3) is 1.00. The molecule has 0 amide bonds. The highest BCUT2D eigenvalue weighted by atomic mass is 33.1. The van der Waals surface area contributed by atoms with Gasteiger partial charge in [0, 0.05) is 10.8 Å². The van der Waals surface area contributed by atoms with Gasteiger partial charge in [-0.25, -0.2) is 0 Å². The largest absolute Gasteiger partial charge is 0.381 e. The summed E-state index contributed by atoms with van der Waals surface area (Å²) in [6.07, 6.45) is -3.25. The van der Waals surface area contributed by atoms with Gasteiger partial charge in [0.05, 0.1) is 11.1 Å². The van der Waals surface area contributed by atoms with Crippen LogP contribution in [0.1, 0.15) is 0 Å². The summed E-state index contributed by atoms with van der Waals surface area (Å²) in [7, 11) is 0.528. The first-order chi connectivity index (χ1) is 4.54. The van der Waals surface area contributed by atoms with E-state index in [1.807, 2.05) is 0 Å². The molecule has 0 saturated carbocycles. The molecule has 0 aliphatic carbocycles. The van der Waals surface area contributed by atoms with Gasteiger partial charge in [0.15, 0.2) is 6.10 Å². The quantitative estimate of drug-likeness (QED) is 0.211. The van der Waals surface area contributed by atoms with Crippen molar-refractivity contribution in [2.45, 2.75) is 17.5 Å². The van der Waals surface area contributed by atoms with Gasteiger partial charge < -0.3 is 20.4 Å². The van der Waals surface area contributed by atoms with E-state index in [0.717, 1.165) is 0 Å². The summed E-state index contributed by atoms with van der Waals surface area (Å²) in [5, 5.41) is 32.8. The fourth-order valence-corrected chi connectivity index (χ4v) is 1.89. The number of hydrogen-bond acceptors (Lipinski definition) is 7. The summed E-state index contributed by atoms with van der Waals surface area (Å²) in [6.45, 7) is 0. The van der Waals surface area contributed by atoms with Crippen LogP contribution in [-0.2, 0) is 4.18 Å². The van der Waals surface area contributed by atoms with Gasteiger partial charge in [0.1, 0.15) is 0 Å². The highest BCUT2D eigenvalue weighted by molar-refractivity contribution is 8.75. The molecule has 0 aromatic heterocycles.